The van der Waals surface area contributed by atoms with Crippen LogP contribution in [0.25, 0.3) is 0 Å². The molecule has 0 spiro atoms. The van der Waals surface area contributed by atoms with Crippen LogP contribution in [0.3, 0.4) is 0 Å². The van der Waals surface area contributed by atoms with Gasteiger partial charge in [0.2, 0.25) is 0 Å². The van der Waals surface area contributed by atoms with Gasteiger partial charge in [0.25, 0.3) is 0 Å². The maximum atomic E-state index is 12.1. The van der Waals surface area contributed by atoms with E-state index in [9.17, 15) is 13.2 Å². The Kier molecular flexibility index (Phi) is 3.55. The molecule has 0 aromatic carbocycles. The minimum Gasteiger partial charge on any atom is -0.486 e. The van der Waals surface area contributed by atoms with Gasteiger partial charge >= 0.3 is 6.18 Å². The average molecular weight is 235 g/mol. The largest absolute Gasteiger partial charge is 0.486 e. The van der Waals surface area contributed by atoms with Crippen molar-refractivity contribution in [2.75, 3.05) is 13.2 Å². The van der Waals surface area contributed by atoms with Gasteiger partial charge in [-0.2, -0.15) is 13.2 Å². The maximum absolute atomic E-state index is 12.1. The second-order valence-corrected chi connectivity index (χ2v) is 4.21. The molecule has 0 amide bonds. The molecule has 1 heterocycles. The molecule has 5 heteroatoms. The van der Waals surface area contributed by atoms with Crippen LogP contribution in [0.2, 0.25) is 0 Å². The molecule has 1 N–H and O–H groups in total. The molecule has 0 aromatic heterocycles. The lowest BCUT2D eigenvalue weighted by atomic mass is 9.75. The fourth-order valence-electron chi connectivity index (χ4n) is 1.60. The molecule has 0 fully saturated rings. The van der Waals surface area contributed by atoms with Crippen LogP contribution in [0.15, 0.2) is 24.6 Å². The van der Waals surface area contributed by atoms with E-state index in [4.69, 9.17) is 4.74 Å². The van der Waals surface area contributed by atoms with Crippen molar-refractivity contribution in [1.29, 1.82) is 0 Å². The lowest BCUT2D eigenvalue weighted by molar-refractivity contribution is -0.169. The Morgan fingerprint density at radius 3 is 2.81 bits per heavy atom. The van der Waals surface area contributed by atoms with Gasteiger partial charge in [0.1, 0.15) is 5.76 Å². The molecular formula is C11H16F3NO. The van der Waals surface area contributed by atoms with Gasteiger partial charge in [-0.3, -0.25) is 0 Å². The highest BCUT2D eigenvalue weighted by Crippen LogP contribution is 2.39. The molecule has 92 valence electrons. The van der Waals surface area contributed by atoms with Crippen molar-refractivity contribution < 1.29 is 17.9 Å². The average Bonchev–Trinajstić information content (AvgIpc) is 2.19. The van der Waals surface area contributed by atoms with Crippen LogP contribution in [-0.4, -0.2) is 19.3 Å². The second-order valence-electron chi connectivity index (χ2n) is 4.21. The summed E-state index contributed by atoms with van der Waals surface area (Å²) in [6.45, 7) is 6.87. The summed E-state index contributed by atoms with van der Waals surface area (Å²) in [5.74, 6) is 0.428. The summed E-state index contributed by atoms with van der Waals surface area (Å²) in [6, 6.07) is 0. The van der Waals surface area contributed by atoms with Crippen molar-refractivity contribution in [2.24, 2.45) is 11.3 Å². The summed E-state index contributed by atoms with van der Waals surface area (Å²) >= 11 is 0. The zero-order valence-electron chi connectivity index (χ0n) is 9.40. The van der Waals surface area contributed by atoms with E-state index in [1.54, 1.807) is 6.08 Å². The summed E-state index contributed by atoms with van der Waals surface area (Å²) in [7, 11) is 0. The standard InChI is InChI=1S/C11H16F3NO/c1-4-10(3)8(2)5-15-6-9(10)16-7-11(12,13)14/h4,6,8,15H,1,5,7H2,2-3H3/t8-,10-/m1/s1. The number of alkyl halides is 3. The first-order valence-electron chi connectivity index (χ1n) is 5.07. The topological polar surface area (TPSA) is 21.3 Å². The molecule has 0 saturated carbocycles. The lowest BCUT2D eigenvalue weighted by Crippen LogP contribution is -2.39. The molecule has 16 heavy (non-hydrogen) atoms. The minimum atomic E-state index is -4.32. The van der Waals surface area contributed by atoms with Gasteiger partial charge in [-0.15, -0.1) is 6.58 Å². The Morgan fingerprint density at radius 2 is 2.31 bits per heavy atom. The highest BCUT2D eigenvalue weighted by molar-refractivity contribution is 5.19. The molecule has 0 unspecified atom stereocenters. The smallest absolute Gasteiger partial charge is 0.422 e. The van der Waals surface area contributed by atoms with Gasteiger partial charge in [0.15, 0.2) is 6.61 Å². The Labute approximate surface area is 93.2 Å². The van der Waals surface area contributed by atoms with Crippen molar-refractivity contribution in [3.63, 3.8) is 0 Å². The summed E-state index contributed by atoms with van der Waals surface area (Å²) in [6.07, 6.45) is -1.18. The minimum absolute atomic E-state index is 0.137. The van der Waals surface area contributed by atoms with E-state index in [1.807, 2.05) is 13.8 Å². The molecule has 1 rings (SSSR count). The predicted molar refractivity (Wildman–Crippen MR) is 55.6 cm³/mol. The van der Waals surface area contributed by atoms with Crippen LogP contribution in [0.1, 0.15) is 13.8 Å². The number of ether oxygens (including phenoxy) is 1. The Bertz CT molecular complexity index is 298. The molecule has 2 nitrogen and oxygen atoms in total. The Balaban J connectivity index is 2.77. The molecule has 0 bridgehead atoms. The van der Waals surface area contributed by atoms with Crippen LogP contribution < -0.4 is 5.32 Å². The number of hydrogen-bond acceptors (Lipinski definition) is 2. The molecule has 2 atom stereocenters. The van der Waals surface area contributed by atoms with Crippen molar-refractivity contribution in [3.8, 4) is 0 Å². The zero-order valence-corrected chi connectivity index (χ0v) is 9.40. The number of allylic oxidation sites excluding steroid dienone is 1. The van der Waals surface area contributed by atoms with Gasteiger partial charge < -0.3 is 10.1 Å². The third-order valence-electron chi connectivity index (χ3n) is 3.03. The fraction of sp³-hybridized carbons (Fsp3) is 0.636. The Hall–Kier alpha value is -1.13. The first kappa shape index (κ1) is 12.9. The number of nitrogens with one attached hydrogen (secondary N) is 1. The third-order valence-corrected chi connectivity index (χ3v) is 3.03. The molecule has 0 saturated heterocycles. The predicted octanol–water partition coefficient (Wildman–Crippen LogP) is 2.84. The van der Waals surface area contributed by atoms with E-state index in [1.165, 1.54) is 6.20 Å². The van der Waals surface area contributed by atoms with Crippen LogP contribution in [0.5, 0.6) is 0 Å². The summed E-state index contributed by atoms with van der Waals surface area (Å²) in [5.41, 5.74) is -0.545. The highest BCUT2D eigenvalue weighted by atomic mass is 19.4. The van der Waals surface area contributed by atoms with E-state index < -0.39 is 18.2 Å². The van der Waals surface area contributed by atoms with Gasteiger partial charge in [0.05, 0.1) is 0 Å². The van der Waals surface area contributed by atoms with E-state index in [0.717, 1.165) is 0 Å². The summed E-state index contributed by atoms with van der Waals surface area (Å²) in [5, 5.41) is 2.91. The van der Waals surface area contributed by atoms with Gasteiger partial charge in [-0.1, -0.05) is 13.0 Å². The monoisotopic (exact) mass is 235 g/mol. The van der Waals surface area contributed by atoms with Crippen molar-refractivity contribution in [1.82, 2.24) is 5.32 Å². The normalized spacial score (nSPS) is 30.3. The second kappa shape index (κ2) is 4.39. The zero-order chi connectivity index (χ0) is 12.4. The SMILES string of the molecule is C=C[C@@]1(C)C(OCC(F)(F)F)=CNC[C@H]1C. The number of rotatable bonds is 3. The van der Waals surface area contributed by atoms with Gasteiger partial charge in [-0.25, -0.2) is 0 Å². The van der Waals surface area contributed by atoms with E-state index in [-0.39, 0.29) is 5.92 Å². The first-order chi connectivity index (χ1) is 7.29. The van der Waals surface area contributed by atoms with E-state index in [2.05, 4.69) is 11.9 Å². The highest BCUT2D eigenvalue weighted by Gasteiger charge is 2.38. The fourth-order valence-corrected chi connectivity index (χ4v) is 1.60. The number of hydrogen-bond donors (Lipinski definition) is 1. The quantitative estimate of drug-likeness (QED) is 0.759. The summed E-state index contributed by atoms with van der Waals surface area (Å²) in [4.78, 5) is 0. The van der Waals surface area contributed by atoms with Gasteiger partial charge in [0, 0.05) is 18.2 Å². The van der Waals surface area contributed by atoms with Crippen LogP contribution in [0, 0.1) is 11.3 Å². The van der Waals surface area contributed by atoms with Crippen molar-refractivity contribution >= 4 is 0 Å². The lowest BCUT2D eigenvalue weighted by Gasteiger charge is -2.38. The Morgan fingerprint density at radius 1 is 1.69 bits per heavy atom. The van der Waals surface area contributed by atoms with Crippen LogP contribution >= 0.6 is 0 Å². The molecular weight excluding hydrogens is 219 g/mol. The van der Waals surface area contributed by atoms with Crippen LogP contribution in [0.4, 0.5) is 13.2 Å². The van der Waals surface area contributed by atoms with Crippen LogP contribution in [-0.2, 0) is 4.74 Å². The van der Waals surface area contributed by atoms with Gasteiger partial charge in [-0.05, 0) is 12.8 Å². The summed E-state index contributed by atoms with van der Waals surface area (Å²) < 4.78 is 41.0. The molecule has 0 radical (unpaired) electrons. The molecule has 1 aliphatic heterocycles. The van der Waals surface area contributed by atoms with E-state index >= 15 is 0 Å². The molecule has 0 aromatic rings. The number of halogens is 3. The van der Waals surface area contributed by atoms with E-state index in [0.29, 0.717) is 12.3 Å². The first-order valence-corrected chi connectivity index (χ1v) is 5.07. The van der Waals surface area contributed by atoms with Crippen molar-refractivity contribution in [3.05, 3.63) is 24.6 Å². The third kappa shape index (κ3) is 2.71. The molecule has 1 aliphatic rings. The molecule has 0 aliphatic carbocycles. The maximum Gasteiger partial charge on any atom is 0.422 e. The van der Waals surface area contributed by atoms with Crippen molar-refractivity contribution in [2.45, 2.75) is 20.0 Å².